The number of aromatic hydroxyl groups is 1. The van der Waals surface area contributed by atoms with E-state index in [1.54, 1.807) is 13.8 Å². The fourth-order valence-electron chi connectivity index (χ4n) is 3.17. The largest absolute Gasteiger partial charge is 0.508 e. The quantitative estimate of drug-likeness (QED) is 0.139. The van der Waals surface area contributed by atoms with Gasteiger partial charge in [-0.3, -0.25) is 19.2 Å². The Morgan fingerprint density at radius 2 is 1.47 bits per heavy atom. The van der Waals surface area contributed by atoms with Crippen molar-refractivity contribution in [3.8, 4) is 5.75 Å². The number of phenols is 1. The topological polar surface area (TPSA) is 228 Å². The normalized spacial score (nSPS) is 15.0. The number of carboxylic acids is 2. The van der Waals surface area contributed by atoms with Crippen LogP contribution in [0.5, 0.6) is 5.75 Å². The van der Waals surface area contributed by atoms with Gasteiger partial charge in [0.15, 0.2) is 0 Å². The Kier molecular flexibility index (Phi) is 12.3. The van der Waals surface area contributed by atoms with Crippen LogP contribution < -0.4 is 21.7 Å². The molecule has 0 bridgehead atoms. The predicted molar refractivity (Wildman–Crippen MR) is 127 cm³/mol. The van der Waals surface area contributed by atoms with Gasteiger partial charge in [0.05, 0.1) is 12.6 Å². The molecule has 36 heavy (non-hydrogen) atoms. The monoisotopic (exact) mass is 510 g/mol. The minimum atomic E-state index is -1.51. The zero-order chi connectivity index (χ0) is 27.4. The van der Waals surface area contributed by atoms with E-state index in [-0.39, 0.29) is 25.0 Å². The van der Waals surface area contributed by atoms with Gasteiger partial charge in [-0.25, -0.2) is 4.79 Å². The van der Waals surface area contributed by atoms with Crippen LogP contribution in [-0.4, -0.2) is 80.9 Å². The Labute approximate surface area is 208 Å². The van der Waals surface area contributed by atoms with Crippen molar-refractivity contribution >= 4 is 29.7 Å². The highest BCUT2D eigenvalue weighted by molar-refractivity contribution is 5.94. The SMILES string of the molecule is CCC(C)C(NC(=O)C(CO)NC(=O)C(Cc1ccc(O)cc1)NC(=O)C(N)CCC(=O)O)C(=O)O. The molecule has 0 aliphatic carbocycles. The van der Waals surface area contributed by atoms with Gasteiger partial charge in [0.1, 0.15) is 23.9 Å². The summed E-state index contributed by atoms with van der Waals surface area (Å²) < 4.78 is 0. The molecule has 200 valence electrons. The summed E-state index contributed by atoms with van der Waals surface area (Å²) in [5.74, 6) is -5.46. The molecule has 0 spiro atoms. The number of carbonyl (C=O) groups is 5. The summed E-state index contributed by atoms with van der Waals surface area (Å²) in [7, 11) is 0. The van der Waals surface area contributed by atoms with Gasteiger partial charge in [0, 0.05) is 12.8 Å². The Morgan fingerprint density at radius 1 is 0.917 bits per heavy atom. The number of aliphatic hydroxyl groups excluding tert-OH is 1. The van der Waals surface area contributed by atoms with Crippen LogP contribution in [0, 0.1) is 5.92 Å². The second-order valence-corrected chi connectivity index (χ2v) is 8.42. The molecule has 3 amide bonds. The minimum Gasteiger partial charge on any atom is -0.508 e. The maximum absolute atomic E-state index is 13.0. The van der Waals surface area contributed by atoms with Crippen LogP contribution in [0.4, 0.5) is 0 Å². The van der Waals surface area contributed by atoms with E-state index in [1.165, 1.54) is 24.3 Å². The number of nitrogens with two attached hydrogens (primary N) is 1. The maximum atomic E-state index is 13.0. The van der Waals surface area contributed by atoms with Crippen molar-refractivity contribution < 1.29 is 44.4 Å². The first kappa shape index (κ1) is 30.3. The summed E-state index contributed by atoms with van der Waals surface area (Å²) >= 11 is 0. The summed E-state index contributed by atoms with van der Waals surface area (Å²) in [6.07, 6.45) is -0.177. The Morgan fingerprint density at radius 3 is 1.97 bits per heavy atom. The number of aliphatic carboxylic acids is 2. The number of hydrogen-bond acceptors (Lipinski definition) is 8. The van der Waals surface area contributed by atoms with Crippen LogP contribution in [-0.2, 0) is 30.4 Å². The Bertz CT molecular complexity index is 923. The lowest BCUT2D eigenvalue weighted by Crippen LogP contribution is -2.59. The number of amides is 3. The van der Waals surface area contributed by atoms with Gasteiger partial charge in [-0.15, -0.1) is 0 Å². The zero-order valence-electron chi connectivity index (χ0n) is 20.1. The number of carboxylic acid groups (broad SMARTS) is 2. The maximum Gasteiger partial charge on any atom is 0.326 e. The summed E-state index contributed by atoms with van der Waals surface area (Å²) in [5.41, 5.74) is 6.26. The lowest BCUT2D eigenvalue weighted by Gasteiger charge is -2.25. The van der Waals surface area contributed by atoms with Crippen LogP contribution in [0.1, 0.15) is 38.7 Å². The fourth-order valence-corrected chi connectivity index (χ4v) is 3.17. The molecule has 1 rings (SSSR count). The lowest BCUT2D eigenvalue weighted by atomic mass is 9.99. The number of hydrogen-bond donors (Lipinski definition) is 8. The van der Waals surface area contributed by atoms with Gasteiger partial charge in [-0.05, 0) is 30.0 Å². The molecule has 0 heterocycles. The molecule has 0 saturated carbocycles. The van der Waals surface area contributed by atoms with Gasteiger partial charge in [0.25, 0.3) is 0 Å². The molecule has 9 N–H and O–H groups in total. The molecular weight excluding hydrogens is 476 g/mol. The van der Waals surface area contributed by atoms with Gasteiger partial charge in [0.2, 0.25) is 17.7 Å². The highest BCUT2D eigenvalue weighted by atomic mass is 16.4. The molecule has 1 aromatic rings. The van der Waals surface area contributed by atoms with Crippen LogP contribution in [0.3, 0.4) is 0 Å². The van der Waals surface area contributed by atoms with Crippen molar-refractivity contribution in [3.63, 3.8) is 0 Å². The van der Waals surface area contributed by atoms with E-state index in [4.69, 9.17) is 10.8 Å². The first-order valence-electron chi connectivity index (χ1n) is 11.4. The van der Waals surface area contributed by atoms with E-state index >= 15 is 0 Å². The number of benzene rings is 1. The molecular formula is C23H34N4O9. The number of phenolic OH excluding ortho intramolecular Hbond substituents is 1. The third-order valence-corrected chi connectivity index (χ3v) is 5.61. The molecule has 13 heteroatoms. The highest BCUT2D eigenvalue weighted by Crippen LogP contribution is 2.12. The summed E-state index contributed by atoms with van der Waals surface area (Å²) in [6.45, 7) is 2.53. The lowest BCUT2D eigenvalue weighted by molar-refractivity contribution is -0.144. The molecule has 0 aromatic heterocycles. The number of nitrogens with one attached hydrogen (secondary N) is 3. The van der Waals surface area contributed by atoms with Crippen LogP contribution >= 0.6 is 0 Å². The number of rotatable bonds is 15. The predicted octanol–water partition coefficient (Wildman–Crippen LogP) is -1.30. The van der Waals surface area contributed by atoms with Crippen molar-refractivity contribution in [1.29, 1.82) is 0 Å². The molecule has 0 radical (unpaired) electrons. The van der Waals surface area contributed by atoms with Gasteiger partial charge in [-0.1, -0.05) is 32.4 Å². The van der Waals surface area contributed by atoms with E-state index in [2.05, 4.69) is 16.0 Å². The van der Waals surface area contributed by atoms with Crippen molar-refractivity contribution in [3.05, 3.63) is 29.8 Å². The van der Waals surface area contributed by atoms with Crippen molar-refractivity contribution in [1.82, 2.24) is 16.0 Å². The molecule has 13 nitrogen and oxygen atoms in total. The Hall–Kier alpha value is -3.71. The van der Waals surface area contributed by atoms with Crippen LogP contribution in [0.15, 0.2) is 24.3 Å². The first-order chi connectivity index (χ1) is 16.9. The summed E-state index contributed by atoms with van der Waals surface area (Å²) in [4.78, 5) is 60.4. The summed E-state index contributed by atoms with van der Waals surface area (Å²) in [5, 5.41) is 44.3. The van der Waals surface area contributed by atoms with Crippen molar-refractivity contribution in [2.24, 2.45) is 11.7 Å². The van der Waals surface area contributed by atoms with E-state index in [0.29, 0.717) is 12.0 Å². The van der Waals surface area contributed by atoms with E-state index in [9.17, 15) is 39.3 Å². The van der Waals surface area contributed by atoms with E-state index < -0.39 is 66.4 Å². The van der Waals surface area contributed by atoms with Crippen molar-refractivity contribution in [2.45, 2.75) is 63.7 Å². The molecule has 0 fully saturated rings. The minimum absolute atomic E-state index is 0.0224. The second-order valence-electron chi connectivity index (χ2n) is 8.42. The van der Waals surface area contributed by atoms with Crippen LogP contribution in [0.2, 0.25) is 0 Å². The smallest absolute Gasteiger partial charge is 0.326 e. The molecule has 0 saturated heterocycles. The number of aliphatic hydroxyl groups is 1. The van der Waals surface area contributed by atoms with Crippen LogP contribution in [0.25, 0.3) is 0 Å². The van der Waals surface area contributed by atoms with E-state index in [1.807, 2.05) is 0 Å². The first-order valence-corrected chi connectivity index (χ1v) is 11.4. The average Bonchev–Trinajstić information content (AvgIpc) is 2.83. The molecule has 1 aromatic carbocycles. The third kappa shape index (κ3) is 9.88. The summed E-state index contributed by atoms with van der Waals surface area (Å²) in [6, 6.07) is 0.490. The standard InChI is InChI=1S/C23H34N4O9/c1-3-12(2)19(23(35)36)27-22(34)17(11-28)26-21(33)16(10-13-4-6-14(29)7-5-13)25-20(32)15(24)8-9-18(30)31/h4-7,12,15-17,19,28-29H,3,8-11,24H2,1-2H3,(H,25,32)(H,26,33)(H,27,34)(H,30,31)(H,35,36). The Balaban J connectivity index is 3.03. The fraction of sp³-hybridized carbons (Fsp3) is 0.522. The zero-order valence-corrected chi connectivity index (χ0v) is 20.1. The molecule has 0 aliphatic heterocycles. The van der Waals surface area contributed by atoms with E-state index in [0.717, 1.165) is 0 Å². The molecule has 5 atom stereocenters. The number of carbonyl (C=O) groups excluding carboxylic acids is 3. The third-order valence-electron chi connectivity index (χ3n) is 5.61. The van der Waals surface area contributed by atoms with Gasteiger partial charge < -0.3 is 42.1 Å². The van der Waals surface area contributed by atoms with Crippen molar-refractivity contribution in [2.75, 3.05) is 6.61 Å². The van der Waals surface area contributed by atoms with Gasteiger partial charge >= 0.3 is 11.9 Å². The highest BCUT2D eigenvalue weighted by Gasteiger charge is 2.31. The van der Waals surface area contributed by atoms with Gasteiger partial charge in [-0.2, -0.15) is 0 Å². The average molecular weight is 511 g/mol. The molecule has 5 unspecified atom stereocenters. The molecule has 0 aliphatic rings. The second kappa shape index (κ2) is 14.6.